The zero-order valence-corrected chi connectivity index (χ0v) is 19.8. The lowest BCUT2D eigenvalue weighted by Crippen LogP contribution is -2.30. The SMILES string of the molecule is CC(C)C(=O)N/C(N)=C/C=C(\N)CC1CCC(c2nnc(NC(=O)Cc3ccccn3)s2)C1. The van der Waals surface area contributed by atoms with Crippen LogP contribution in [-0.2, 0) is 16.0 Å². The smallest absolute Gasteiger partial charge is 0.232 e. The van der Waals surface area contributed by atoms with Crippen molar-refractivity contribution in [3.63, 3.8) is 0 Å². The maximum Gasteiger partial charge on any atom is 0.232 e. The summed E-state index contributed by atoms with van der Waals surface area (Å²) in [6.07, 6.45) is 9.03. The van der Waals surface area contributed by atoms with Crippen molar-refractivity contribution in [3.8, 4) is 0 Å². The fraction of sp³-hybridized carbons (Fsp3) is 0.435. The number of hydrogen-bond donors (Lipinski definition) is 4. The van der Waals surface area contributed by atoms with E-state index in [1.165, 1.54) is 11.3 Å². The van der Waals surface area contributed by atoms with Crippen LogP contribution in [-0.4, -0.2) is 27.0 Å². The van der Waals surface area contributed by atoms with Crippen molar-refractivity contribution in [2.75, 3.05) is 5.32 Å². The Balaban J connectivity index is 1.47. The second-order valence-corrected chi connectivity index (χ2v) is 9.59. The van der Waals surface area contributed by atoms with Crippen molar-refractivity contribution in [1.29, 1.82) is 0 Å². The third kappa shape index (κ3) is 7.67. The first-order chi connectivity index (χ1) is 15.8. The molecule has 0 saturated heterocycles. The average Bonchev–Trinajstić information content (AvgIpc) is 3.42. The Morgan fingerprint density at radius 3 is 2.76 bits per heavy atom. The van der Waals surface area contributed by atoms with Crippen LogP contribution in [0.1, 0.15) is 56.2 Å². The van der Waals surface area contributed by atoms with Crippen molar-refractivity contribution in [3.05, 3.63) is 58.8 Å². The van der Waals surface area contributed by atoms with Gasteiger partial charge in [0, 0.05) is 29.4 Å². The number of allylic oxidation sites excluding steroid dienone is 3. The number of anilines is 1. The summed E-state index contributed by atoms with van der Waals surface area (Å²) in [7, 11) is 0. The van der Waals surface area contributed by atoms with Crippen LogP contribution in [0.5, 0.6) is 0 Å². The predicted octanol–water partition coefficient (Wildman–Crippen LogP) is 2.80. The van der Waals surface area contributed by atoms with Gasteiger partial charge in [0.2, 0.25) is 16.9 Å². The molecule has 3 rings (SSSR count). The fourth-order valence-corrected chi connectivity index (χ4v) is 4.60. The molecule has 1 aliphatic rings. The Hall–Kier alpha value is -3.27. The number of nitrogens with zero attached hydrogens (tertiary/aromatic N) is 3. The molecular formula is C23H31N7O2S. The number of nitrogens with one attached hydrogen (secondary N) is 2. The van der Waals surface area contributed by atoms with Crippen LogP contribution < -0.4 is 22.1 Å². The lowest BCUT2D eigenvalue weighted by molar-refractivity contribution is -0.123. The van der Waals surface area contributed by atoms with E-state index >= 15 is 0 Å². The van der Waals surface area contributed by atoms with Gasteiger partial charge in [0.15, 0.2) is 0 Å². The van der Waals surface area contributed by atoms with E-state index in [0.717, 1.165) is 36.4 Å². The predicted molar refractivity (Wildman–Crippen MR) is 129 cm³/mol. The van der Waals surface area contributed by atoms with Crippen LogP contribution >= 0.6 is 11.3 Å². The molecule has 9 nitrogen and oxygen atoms in total. The van der Waals surface area contributed by atoms with Gasteiger partial charge in [-0.1, -0.05) is 31.3 Å². The Bertz CT molecular complexity index is 1020. The van der Waals surface area contributed by atoms with Gasteiger partial charge >= 0.3 is 0 Å². The van der Waals surface area contributed by atoms with Gasteiger partial charge in [0.05, 0.1) is 6.42 Å². The number of amides is 2. The molecular weight excluding hydrogens is 438 g/mol. The van der Waals surface area contributed by atoms with Gasteiger partial charge in [-0.15, -0.1) is 10.2 Å². The molecule has 2 atom stereocenters. The standard InChI is InChI=1S/C23H31N7O2S/c1-14(2)21(32)27-19(25)9-8-17(24)12-15-6-7-16(11-15)22-29-30-23(33-22)28-20(31)13-18-5-3-4-10-26-18/h3-5,8-10,14-16H,6-7,11-13,24-25H2,1-2H3,(H,27,32)(H,28,30,31)/b17-8-,19-9+. The molecule has 10 heteroatoms. The minimum Gasteiger partial charge on any atom is -0.402 e. The van der Waals surface area contributed by atoms with E-state index in [1.807, 2.05) is 18.2 Å². The molecule has 2 aromatic heterocycles. The van der Waals surface area contributed by atoms with E-state index < -0.39 is 0 Å². The minimum absolute atomic E-state index is 0.126. The second-order valence-electron chi connectivity index (χ2n) is 8.58. The fourth-order valence-electron chi connectivity index (χ4n) is 3.69. The normalized spacial score (nSPS) is 19.0. The van der Waals surface area contributed by atoms with E-state index in [4.69, 9.17) is 11.5 Å². The lowest BCUT2D eigenvalue weighted by atomic mass is 10.00. The van der Waals surface area contributed by atoms with Crippen LogP contribution in [0.4, 0.5) is 5.13 Å². The summed E-state index contributed by atoms with van der Waals surface area (Å²) < 4.78 is 0. The first-order valence-electron chi connectivity index (χ1n) is 11.1. The van der Waals surface area contributed by atoms with Crippen LogP contribution in [0.3, 0.4) is 0 Å². The van der Waals surface area contributed by atoms with Crippen LogP contribution in [0.15, 0.2) is 48.1 Å². The van der Waals surface area contributed by atoms with Crippen molar-refractivity contribution < 1.29 is 9.59 Å². The quantitative estimate of drug-likeness (QED) is 0.413. The summed E-state index contributed by atoms with van der Waals surface area (Å²) in [4.78, 5) is 28.1. The molecule has 2 amide bonds. The molecule has 2 heterocycles. The Labute approximate surface area is 197 Å². The number of nitrogens with two attached hydrogens (primary N) is 2. The highest BCUT2D eigenvalue weighted by Gasteiger charge is 2.29. The summed E-state index contributed by atoms with van der Waals surface area (Å²) in [5, 5.41) is 15.3. The van der Waals surface area contributed by atoms with Gasteiger partial charge in [-0.3, -0.25) is 14.6 Å². The van der Waals surface area contributed by atoms with E-state index in [2.05, 4.69) is 25.8 Å². The van der Waals surface area contributed by atoms with Gasteiger partial charge in [-0.2, -0.15) is 0 Å². The number of carbonyl (C=O) groups excluding carboxylic acids is 2. The van der Waals surface area contributed by atoms with Crippen LogP contribution in [0.2, 0.25) is 0 Å². The highest BCUT2D eigenvalue weighted by atomic mass is 32.1. The molecule has 0 radical (unpaired) electrons. The maximum absolute atomic E-state index is 12.2. The number of aromatic nitrogens is 3. The topological polar surface area (TPSA) is 149 Å². The summed E-state index contributed by atoms with van der Waals surface area (Å²) in [6.45, 7) is 3.61. The monoisotopic (exact) mass is 469 g/mol. The maximum atomic E-state index is 12.2. The molecule has 0 aliphatic heterocycles. The number of hydrogen-bond acceptors (Lipinski definition) is 8. The van der Waals surface area contributed by atoms with Gasteiger partial charge < -0.3 is 22.1 Å². The van der Waals surface area contributed by atoms with E-state index in [1.54, 1.807) is 32.2 Å². The van der Waals surface area contributed by atoms with E-state index in [9.17, 15) is 9.59 Å². The highest BCUT2D eigenvalue weighted by molar-refractivity contribution is 7.15. The van der Waals surface area contributed by atoms with Gasteiger partial charge in [-0.05, 0) is 55.9 Å². The molecule has 1 saturated carbocycles. The molecule has 1 aliphatic carbocycles. The minimum atomic E-state index is -0.157. The molecule has 6 N–H and O–H groups in total. The number of rotatable bonds is 9. The molecule has 176 valence electrons. The zero-order chi connectivity index (χ0) is 23.8. The second kappa shape index (κ2) is 11.6. The molecule has 1 fully saturated rings. The van der Waals surface area contributed by atoms with E-state index in [-0.39, 0.29) is 30.0 Å². The van der Waals surface area contributed by atoms with Crippen molar-refractivity contribution >= 4 is 28.3 Å². The third-order valence-electron chi connectivity index (χ3n) is 5.44. The zero-order valence-electron chi connectivity index (χ0n) is 19.0. The van der Waals surface area contributed by atoms with Crippen LogP contribution in [0.25, 0.3) is 0 Å². The summed E-state index contributed by atoms with van der Waals surface area (Å²) in [5.41, 5.74) is 13.4. The summed E-state index contributed by atoms with van der Waals surface area (Å²) >= 11 is 1.43. The molecule has 2 aromatic rings. The van der Waals surface area contributed by atoms with E-state index in [0.29, 0.717) is 22.7 Å². The van der Waals surface area contributed by atoms with Gasteiger partial charge in [0.1, 0.15) is 10.8 Å². The van der Waals surface area contributed by atoms with Crippen LogP contribution in [0, 0.1) is 11.8 Å². The Morgan fingerprint density at radius 1 is 1.21 bits per heavy atom. The average molecular weight is 470 g/mol. The van der Waals surface area contributed by atoms with Gasteiger partial charge in [0.25, 0.3) is 0 Å². The largest absolute Gasteiger partial charge is 0.402 e. The molecule has 0 aromatic carbocycles. The van der Waals surface area contributed by atoms with Crippen molar-refractivity contribution in [1.82, 2.24) is 20.5 Å². The Morgan fingerprint density at radius 2 is 2.03 bits per heavy atom. The number of pyridine rings is 1. The lowest BCUT2D eigenvalue weighted by Gasteiger charge is -2.10. The first kappa shape index (κ1) is 24.4. The number of carbonyl (C=O) groups is 2. The molecule has 33 heavy (non-hydrogen) atoms. The summed E-state index contributed by atoms with van der Waals surface area (Å²) in [6, 6.07) is 5.49. The van der Waals surface area contributed by atoms with Gasteiger partial charge in [-0.25, -0.2) is 0 Å². The van der Waals surface area contributed by atoms with Crippen molar-refractivity contribution in [2.45, 2.75) is 51.9 Å². The molecule has 2 unspecified atom stereocenters. The third-order valence-corrected chi connectivity index (χ3v) is 6.44. The first-order valence-corrected chi connectivity index (χ1v) is 11.9. The summed E-state index contributed by atoms with van der Waals surface area (Å²) in [5.74, 6) is 0.621. The molecule has 0 bridgehead atoms. The Kier molecular flexibility index (Phi) is 8.53. The van der Waals surface area contributed by atoms with Crippen molar-refractivity contribution in [2.24, 2.45) is 23.3 Å². The molecule has 0 spiro atoms. The highest BCUT2D eigenvalue weighted by Crippen LogP contribution is 2.41.